The zero-order valence-electron chi connectivity index (χ0n) is 16.9. The molecule has 32 heavy (non-hydrogen) atoms. The number of sulfonamides is 1. The van der Waals surface area contributed by atoms with E-state index in [4.69, 9.17) is 18.9 Å². The van der Waals surface area contributed by atoms with E-state index in [9.17, 15) is 23.3 Å². The van der Waals surface area contributed by atoms with E-state index in [1.54, 1.807) is 0 Å². The Morgan fingerprint density at radius 3 is 2.53 bits per heavy atom. The molecule has 0 radical (unpaired) electrons. The molecule has 0 saturated carbocycles. The number of esters is 1. The molecule has 2 aliphatic rings. The van der Waals surface area contributed by atoms with Crippen molar-refractivity contribution in [3.05, 3.63) is 63.2 Å². The third kappa shape index (κ3) is 4.58. The van der Waals surface area contributed by atoms with Crippen molar-refractivity contribution >= 4 is 21.7 Å². The van der Waals surface area contributed by atoms with E-state index >= 15 is 0 Å². The molecule has 0 spiro atoms. The van der Waals surface area contributed by atoms with E-state index in [0.29, 0.717) is 30.1 Å². The van der Waals surface area contributed by atoms with Crippen molar-refractivity contribution in [1.82, 2.24) is 4.31 Å². The van der Waals surface area contributed by atoms with Crippen LogP contribution in [0.15, 0.2) is 41.3 Å². The van der Waals surface area contributed by atoms with Crippen molar-refractivity contribution in [2.45, 2.75) is 18.1 Å². The first-order chi connectivity index (χ1) is 15.4. The molecule has 170 valence electrons. The smallest absolute Gasteiger partial charge is 0.338 e. The number of benzene rings is 2. The van der Waals surface area contributed by atoms with Gasteiger partial charge < -0.3 is 18.9 Å². The number of nitro benzene ring substituents is 1. The van der Waals surface area contributed by atoms with Gasteiger partial charge in [-0.15, -0.1) is 0 Å². The molecule has 2 aromatic carbocycles. The number of nitro groups is 1. The second-order valence-corrected chi connectivity index (χ2v) is 9.02. The SMILES string of the molecule is O=C(OCc1cc([N+](=O)[O-])cc2c1OCOC2)c1ccc(S(=O)(=O)N2CCOCC2)cc1. The first-order valence-electron chi connectivity index (χ1n) is 9.72. The Labute approximate surface area is 183 Å². The minimum atomic E-state index is -3.67. The van der Waals surface area contributed by atoms with Gasteiger partial charge in [0, 0.05) is 36.3 Å². The highest BCUT2D eigenvalue weighted by Crippen LogP contribution is 2.33. The molecule has 2 heterocycles. The molecular formula is C20H20N2O9S. The zero-order valence-corrected chi connectivity index (χ0v) is 17.7. The lowest BCUT2D eigenvalue weighted by molar-refractivity contribution is -0.385. The van der Waals surface area contributed by atoms with Gasteiger partial charge in [-0.3, -0.25) is 10.1 Å². The highest BCUT2D eigenvalue weighted by atomic mass is 32.2. The molecule has 2 aliphatic heterocycles. The van der Waals surface area contributed by atoms with Crippen LogP contribution < -0.4 is 4.74 Å². The maximum atomic E-state index is 12.7. The summed E-state index contributed by atoms with van der Waals surface area (Å²) in [4.78, 5) is 23.2. The summed E-state index contributed by atoms with van der Waals surface area (Å²) in [7, 11) is -3.67. The molecule has 1 saturated heterocycles. The summed E-state index contributed by atoms with van der Waals surface area (Å²) in [6.07, 6.45) is 0. The summed E-state index contributed by atoms with van der Waals surface area (Å²) in [6, 6.07) is 8.06. The number of morpholine rings is 1. The molecule has 0 amide bonds. The van der Waals surface area contributed by atoms with Crippen LogP contribution in [0.2, 0.25) is 0 Å². The fraction of sp³-hybridized carbons (Fsp3) is 0.350. The molecule has 0 aliphatic carbocycles. The maximum Gasteiger partial charge on any atom is 0.338 e. The van der Waals surface area contributed by atoms with Gasteiger partial charge in [-0.1, -0.05) is 0 Å². The topological polar surface area (TPSA) is 135 Å². The number of fused-ring (bicyclic) bond motifs is 1. The van der Waals surface area contributed by atoms with Crippen LogP contribution in [-0.4, -0.2) is 56.7 Å². The Hall–Kier alpha value is -3.06. The van der Waals surface area contributed by atoms with Crippen molar-refractivity contribution in [3.8, 4) is 5.75 Å². The lowest BCUT2D eigenvalue weighted by Gasteiger charge is -2.26. The second-order valence-electron chi connectivity index (χ2n) is 7.08. The molecule has 4 rings (SSSR count). The Bertz CT molecular complexity index is 1130. The van der Waals surface area contributed by atoms with Gasteiger partial charge in [-0.25, -0.2) is 13.2 Å². The van der Waals surface area contributed by atoms with Gasteiger partial charge in [-0.05, 0) is 24.3 Å². The van der Waals surface area contributed by atoms with Crippen LogP contribution in [0.4, 0.5) is 5.69 Å². The van der Waals surface area contributed by atoms with Crippen LogP contribution in [0.3, 0.4) is 0 Å². The fourth-order valence-electron chi connectivity index (χ4n) is 3.42. The van der Waals surface area contributed by atoms with Gasteiger partial charge in [0.15, 0.2) is 6.79 Å². The molecular weight excluding hydrogens is 444 g/mol. The maximum absolute atomic E-state index is 12.7. The fourth-order valence-corrected chi connectivity index (χ4v) is 4.83. The van der Waals surface area contributed by atoms with Crippen LogP contribution in [0.1, 0.15) is 21.5 Å². The van der Waals surface area contributed by atoms with Crippen LogP contribution >= 0.6 is 0 Å². The molecule has 2 aromatic rings. The summed E-state index contributed by atoms with van der Waals surface area (Å²) in [6.45, 7) is 1.10. The van der Waals surface area contributed by atoms with E-state index in [0.717, 1.165) is 0 Å². The van der Waals surface area contributed by atoms with E-state index in [2.05, 4.69) is 0 Å². The normalized spacial score (nSPS) is 16.6. The predicted molar refractivity (Wildman–Crippen MR) is 109 cm³/mol. The number of hydrogen-bond acceptors (Lipinski definition) is 9. The first-order valence-corrected chi connectivity index (χ1v) is 11.2. The van der Waals surface area contributed by atoms with E-state index in [-0.39, 0.29) is 49.2 Å². The lowest BCUT2D eigenvalue weighted by atomic mass is 10.1. The summed E-state index contributed by atoms with van der Waals surface area (Å²) < 4.78 is 47.7. The number of nitrogens with zero attached hydrogens (tertiary/aromatic N) is 2. The van der Waals surface area contributed by atoms with Gasteiger partial charge in [0.1, 0.15) is 12.4 Å². The van der Waals surface area contributed by atoms with Crippen LogP contribution in [0, 0.1) is 10.1 Å². The first kappa shape index (κ1) is 22.1. The molecule has 0 unspecified atom stereocenters. The van der Waals surface area contributed by atoms with E-state index in [1.807, 2.05) is 0 Å². The molecule has 11 nitrogen and oxygen atoms in total. The number of carbonyl (C=O) groups excluding carboxylic acids is 1. The average molecular weight is 464 g/mol. The Morgan fingerprint density at radius 1 is 1.12 bits per heavy atom. The number of rotatable bonds is 6. The number of hydrogen-bond donors (Lipinski definition) is 0. The third-order valence-corrected chi connectivity index (χ3v) is 6.95. The number of non-ortho nitro benzene ring substituents is 1. The molecule has 0 bridgehead atoms. The van der Waals surface area contributed by atoms with Crippen molar-refractivity contribution in [1.29, 1.82) is 0 Å². The van der Waals surface area contributed by atoms with Gasteiger partial charge in [0.25, 0.3) is 5.69 Å². The van der Waals surface area contributed by atoms with Crippen molar-refractivity contribution in [2.75, 3.05) is 33.1 Å². The largest absolute Gasteiger partial charge is 0.467 e. The summed E-state index contributed by atoms with van der Waals surface area (Å²) in [5.74, 6) is -0.311. The molecule has 1 fully saturated rings. The lowest BCUT2D eigenvalue weighted by Crippen LogP contribution is -2.40. The van der Waals surface area contributed by atoms with Crippen molar-refractivity contribution in [3.63, 3.8) is 0 Å². The van der Waals surface area contributed by atoms with E-state index < -0.39 is 20.9 Å². The number of ether oxygens (including phenoxy) is 4. The quantitative estimate of drug-likeness (QED) is 0.356. The summed E-state index contributed by atoms with van der Waals surface area (Å²) >= 11 is 0. The predicted octanol–water partition coefficient (Wildman–Crippen LogP) is 1.84. The zero-order chi connectivity index (χ0) is 22.7. The molecule has 0 aromatic heterocycles. The van der Waals surface area contributed by atoms with Gasteiger partial charge in [0.2, 0.25) is 10.0 Å². The van der Waals surface area contributed by atoms with Crippen molar-refractivity contribution in [2.24, 2.45) is 0 Å². The molecule has 0 N–H and O–H groups in total. The standard InChI is InChI=1S/C20H20N2O9S/c23-20(14-1-3-18(4-2-14)32(26,27)21-5-7-28-8-6-21)30-12-16-10-17(22(24)25)9-15-11-29-13-31-19(15)16/h1-4,9-10H,5-8,11-13H2. The summed E-state index contributed by atoms with van der Waals surface area (Å²) in [5.41, 5.74) is 0.822. The minimum Gasteiger partial charge on any atom is -0.467 e. The highest BCUT2D eigenvalue weighted by Gasteiger charge is 2.27. The Kier molecular flexibility index (Phi) is 6.37. The third-order valence-electron chi connectivity index (χ3n) is 5.04. The van der Waals surface area contributed by atoms with Gasteiger partial charge in [0.05, 0.1) is 35.2 Å². The number of carbonyl (C=O) groups is 1. The van der Waals surface area contributed by atoms with Crippen molar-refractivity contribution < 1.29 is 37.1 Å². The average Bonchev–Trinajstić information content (AvgIpc) is 2.82. The monoisotopic (exact) mass is 464 g/mol. The van der Waals surface area contributed by atoms with Crippen LogP contribution in [-0.2, 0) is 37.4 Å². The molecule has 12 heteroatoms. The van der Waals surface area contributed by atoms with E-state index in [1.165, 1.54) is 40.7 Å². The van der Waals surface area contributed by atoms with Gasteiger partial charge in [-0.2, -0.15) is 4.31 Å². The minimum absolute atomic E-state index is 0.00909. The van der Waals surface area contributed by atoms with Crippen LogP contribution in [0.5, 0.6) is 5.75 Å². The highest BCUT2D eigenvalue weighted by molar-refractivity contribution is 7.89. The molecule has 0 atom stereocenters. The second kappa shape index (κ2) is 9.20. The van der Waals surface area contributed by atoms with Crippen LogP contribution in [0.25, 0.3) is 0 Å². The Balaban J connectivity index is 1.47. The van der Waals surface area contributed by atoms with Gasteiger partial charge >= 0.3 is 5.97 Å². The Morgan fingerprint density at radius 2 is 1.84 bits per heavy atom. The summed E-state index contributed by atoms with van der Waals surface area (Å²) in [5, 5.41) is 11.2.